The second-order valence-corrected chi connectivity index (χ2v) is 8.22. The maximum Gasteiger partial charge on any atom is 0.232 e. The fourth-order valence-electron chi connectivity index (χ4n) is 2.27. The van der Waals surface area contributed by atoms with Gasteiger partial charge < -0.3 is 4.90 Å². The van der Waals surface area contributed by atoms with Crippen LogP contribution in [0.25, 0.3) is 0 Å². The molecule has 0 spiro atoms. The quantitative estimate of drug-likeness (QED) is 0.855. The summed E-state index contributed by atoms with van der Waals surface area (Å²) in [6.07, 6.45) is 3.66. The van der Waals surface area contributed by atoms with Gasteiger partial charge in [-0.05, 0) is 17.7 Å². The first-order valence-corrected chi connectivity index (χ1v) is 8.45. The zero-order valence-corrected chi connectivity index (χ0v) is 14.0. The molecule has 1 aromatic rings. The lowest BCUT2D eigenvalue weighted by atomic mass is 10.2. The van der Waals surface area contributed by atoms with E-state index in [0.717, 1.165) is 32.7 Å². The van der Waals surface area contributed by atoms with E-state index in [1.807, 2.05) is 17.3 Å². The zero-order valence-electron chi connectivity index (χ0n) is 13.2. The van der Waals surface area contributed by atoms with Crippen LogP contribution in [0.5, 0.6) is 0 Å². The second kappa shape index (κ2) is 7.27. The molecule has 0 aromatic carbocycles. The highest BCUT2D eigenvalue weighted by Crippen LogP contribution is 2.23. The van der Waals surface area contributed by atoms with E-state index in [1.54, 1.807) is 11.8 Å². The summed E-state index contributed by atoms with van der Waals surface area (Å²) in [7, 11) is 0. The lowest BCUT2D eigenvalue weighted by Gasteiger charge is -2.35. The Morgan fingerprint density at radius 3 is 2.38 bits per heavy atom. The van der Waals surface area contributed by atoms with Gasteiger partial charge in [0.2, 0.25) is 5.91 Å². The number of hydrogen-bond donors (Lipinski definition) is 0. The zero-order chi connectivity index (χ0) is 15.3. The van der Waals surface area contributed by atoms with Crippen LogP contribution in [0.3, 0.4) is 0 Å². The third-order valence-electron chi connectivity index (χ3n) is 3.51. The summed E-state index contributed by atoms with van der Waals surface area (Å²) in [6.45, 7) is 11.0. The van der Waals surface area contributed by atoms with E-state index >= 15 is 0 Å². The van der Waals surface area contributed by atoms with Crippen LogP contribution in [0.2, 0.25) is 0 Å². The molecule has 0 unspecified atom stereocenters. The molecule has 1 saturated heterocycles. The molecule has 1 aliphatic heterocycles. The van der Waals surface area contributed by atoms with Crippen LogP contribution in [0.4, 0.5) is 0 Å². The highest BCUT2D eigenvalue weighted by Gasteiger charge is 2.22. The number of piperazine rings is 1. The highest BCUT2D eigenvalue weighted by atomic mass is 32.2. The van der Waals surface area contributed by atoms with E-state index in [1.165, 1.54) is 5.56 Å². The van der Waals surface area contributed by atoms with Crippen LogP contribution < -0.4 is 0 Å². The number of aromatic nitrogens is 1. The number of amides is 1. The SMILES string of the molecule is CC(C)(C)SCC(=O)N1CCN(Cc2ccncc2)CC1. The fourth-order valence-corrected chi connectivity index (χ4v) is 3.01. The van der Waals surface area contributed by atoms with Crippen molar-refractivity contribution in [2.24, 2.45) is 0 Å². The Labute approximate surface area is 131 Å². The van der Waals surface area contributed by atoms with Crippen molar-refractivity contribution in [3.8, 4) is 0 Å². The summed E-state index contributed by atoms with van der Waals surface area (Å²) in [5.74, 6) is 0.868. The number of pyridine rings is 1. The summed E-state index contributed by atoms with van der Waals surface area (Å²) in [5, 5.41) is 0. The minimum Gasteiger partial charge on any atom is -0.339 e. The maximum absolute atomic E-state index is 12.2. The van der Waals surface area contributed by atoms with Crippen molar-refractivity contribution in [2.45, 2.75) is 32.1 Å². The van der Waals surface area contributed by atoms with Gasteiger partial charge in [-0.1, -0.05) is 20.8 Å². The molecule has 0 radical (unpaired) electrons. The molecule has 1 aromatic heterocycles. The van der Waals surface area contributed by atoms with Crippen LogP contribution >= 0.6 is 11.8 Å². The van der Waals surface area contributed by atoms with E-state index in [4.69, 9.17) is 0 Å². The molecule has 0 N–H and O–H groups in total. The number of carbonyl (C=O) groups is 1. The molecule has 0 bridgehead atoms. The van der Waals surface area contributed by atoms with Gasteiger partial charge in [-0.15, -0.1) is 11.8 Å². The summed E-state index contributed by atoms with van der Waals surface area (Å²) in [5.41, 5.74) is 1.29. The molecule has 5 heteroatoms. The molecule has 21 heavy (non-hydrogen) atoms. The van der Waals surface area contributed by atoms with E-state index in [9.17, 15) is 4.79 Å². The van der Waals surface area contributed by atoms with Crippen molar-refractivity contribution in [1.82, 2.24) is 14.8 Å². The molecular weight excluding hydrogens is 282 g/mol. The van der Waals surface area contributed by atoms with Gasteiger partial charge in [0.1, 0.15) is 0 Å². The van der Waals surface area contributed by atoms with Crippen molar-refractivity contribution in [1.29, 1.82) is 0 Å². The van der Waals surface area contributed by atoms with Crippen LogP contribution in [-0.4, -0.2) is 57.4 Å². The number of rotatable bonds is 4. The summed E-state index contributed by atoms with van der Waals surface area (Å²) >= 11 is 1.73. The van der Waals surface area contributed by atoms with Gasteiger partial charge >= 0.3 is 0 Å². The number of carbonyl (C=O) groups excluding carboxylic acids is 1. The number of hydrogen-bond acceptors (Lipinski definition) is 4. The van der Waals surface area contributed by atoms with Gasteiger partial charge in [-0.2, -0.15) is 0 Å². The van der Waals surface area contributed by atoms with E-state index < -0.39 is 0 Å². The van der Waals surface area contributed by atoms with Crippen molar-refractivity contribution < 1.29 is 4.79 Å². The van der Waals surface area contributed by atoms with Crippen molar-refractivity contribution in [3.05, 3.63) is 30.1 Å². The molecule has 0 aliphatic carbocycles. The lowest BCUT2D eigenvalue weighted by molar-refractivity contribution is -0.130. The summed E-state index contributed by atoms with van der Waals surface area (Å²) in [6, 6.07) is 4.11. The average Bonchev–Trinajstić information content (AvgIpc) is 2.46. The smallest absolute Gasteiger partial charge is 0.232 e. The maximum atomic E-state index is 12.2. The topological polar surface area (TPSA) is 36.4 Å². The Morgan fingerprint density at radius 1 is 1.19 bits per heavy atom. The third kappa shape index (κ3) is 5.67. The predicted molar refractivity (Wildman–Crippen MR) is 88.3 cm³/mol. The Kier molecular flexibility index (Phi) is 5.65. The highest BCUT2D eigenvalue weighted by molar-refractivity contribution is 8.01. The summed E-state index contributed by atoms with van der Waals surface area (Å²) < 4.78 is 0.152. The molecule has 2 rings (SSSR count). The molecule has 4 nitrogen and oxygen atoms in total. The molecule has 0 atom stereocenters. The van der Waals surface area contributed by atoms with E-state index in [-0.39, 0.29) is 10.7 Å². The van der Waals surface area contributed by atoms with E-state index in [2.05, 4.69) is 42.8 Å². The van der Waals surface area contributed by atoms with Crippen LogP contribution in [0.1, 0.15) is 26.3 Å². The molecule has 1 aliphatic rings. The van der Waals surface area contributed by atoms with Gasteiger partial charge in [-0.3, -0.25) is 14.7 Å². The number of thioether (sulfide) groups is 1. The van der Waals surface area contributed by atoms with Gasteiger partial charge in [0.05, 0.1) is 5.75 Å². The Morgan fingerprint density at radius 2 is 1.81 bits per heavy atom. The third-order valence-corrected chi connectivity index (χ3v) is 4.77. The first kappa shape index (κ1) is 16.3. The Bertz CT molecular complexity index is 450. The Hall–Kier alpha value is -1.07. The molecule has 0 saturated carbocycles. The predicted octanol–water partition coefficient (Wildman–Crippen LogP) is 2.26. The van der Waals surface area contributed by atoms with Crippen molar-refractivity contribution in [2.75, 3.05) is 31.9 Å². The molecule has 1 amide bonds. The van der Waals surface area contributed by atoms with Crippen LogP contribution in [-0.2, 0) is 11.3 Å². The summed E-state index contributed by atoms with van der Waals surface area (Å²) in [4.78, 5) is 20.6. The molecule has 116 valence electrons. The van der Waals surface area contributed by atoms with E-state index in [0.29, 0.717) is 5.75 Å². The van der Waals surface area contributed by atoms with Gasteiger partial charge in [0.25, 0.3) is 0 Å². The molecule has 2 heterocycles. The normalized spacial score (nSPS) is 17.0. The second-order valence-electron chi connectivity index (χ2n) is 6.41. The fraction of sp³-hybridized carbons (Fsp3) is 0.625. The van der Waals surface area contributed by atoms with Gasteiger partial charge in [-0.25, -0.2) is 0 Å². The average molecular weight is 307 g/mol. The van der Waals surface area contributed by atoms with Gasteiger partial charge in [0, 0.05) is 49.9 Å². The molecular formula is C16H25N3OS. The minimum absolute atomic E-state index is 0.152. The van der Waals surface area contributed by atoms with Crippen LogP contribution in [0.15, 0.2) is 24.5 Å². The lowest BCUT2D eigenvalue weighted by Crippen LogP contribution is -2.49. The largest absolute Gasteiger partial charge is 0.339 e. The number of nitrogens with zero attached hydrogens (tertiary/aromatic N) is 3. The van der Waals surface area contributed by atoms with Crippen LogP contribution in [0, 0.1) is 0 Å². The minimum atomic E-state index is 0.152. The standard InChI is InChI=1S/C16H25N3OS/c1-16(2,3)21-13-15(20)19-10-8-18(9-11-19)12-14-4-6-17-7-5-14/h4-7H,8-13H2,1-3H3. The Balaban J connectivity index is 1.74. The molecule has 1 fully saturated rings. The first-order valence-electron chi connectivity index (χ1n) is 7.47. The first-order chi connectivity index (χ1) is 9.94. The van der Waals surface area contributed by atoms with Crippen molar-refractivity contribution in [3.63, 3.8) is 0 Å². The van der Waals surface area contributed by atoms with Gasteiger partial charge in [0.15, 0.2) is 0 Å². The monoisotopic (exact) mass is 307 g/mol. The van der Waals surface area contributed by atoms with Crippen molar-refractivity contribution >= 4 is 17.7 Å².